The SMILES string of the molecule is COc1cc(/C=C/C(=O)Nc2cnc3c(c2)c(C)nn3C)cc(OC)c1. The molecular formula is C19H20N4O3. The smallest absolute Gasteiger partial charge is 0.248 e. The molecule has 0 spiro atoms. The van der Waals surface area contributed by atoms with Crippen molar-refractivity contribution in [3.8, 4) is 11.5 Å². The highest BCUT2D eigenvalue weighted by Crippen LogP contribution is 2.23. The number of carbonyl (C=O) groups is 1. The Labute approximate surface area is 151 Å². The fraction of sp³-hybridized carbons (Fsp3) is 0.211. The highest BCUT2D eigenvalue weighted by Gasteiger charge is 2.08. The monoisotopic (exact) mass is 352 g/mol. The van der Waals surface area contributed by atoms with Gasteiger partial charge in [-0.25, -0.2) is 4.98 Å². The van der Waals surface area contributed by atoms with Crippen LogP contribution in [0.4, 0.5) is 5.69 Å². The topological polar surface area (TPSA) is 78.3 Å². The second-order valence-electron chi connectivity index (χ2n) is 5.77. The molecule has 3 rings (SSSR count). The van der Waals surface area contributed by atoms with Gasteiger partial charge in [0.15, 0.2) is 5.65 Å². The molecule has 0 aliphatic heterocycles. The Morgan fingerprint density at radius 1 is 1.15 bits per heavy atom. The van der Waals surface area contributed by atoms with Crippen molar-refractivity contribution in [2.75, 3.05) is 19.5 Å². The molecule has 2 aromatic heterocycles. The van der Waals surface area contributed by atoms with Crippen molar-refractivity contribution in [1.82, 2.24) is 14.8 Å². The van der Waals surface area contributed by atoms with Crippen LogP contribution >= 0.6 is 0 Å². The van der Waals surface area contributed by atoms with E-state index in [1.165, 1.54) is 6.08 Å². The molecule has 1 amide bonds. The summed E-state index contributed by atoms with van der Waals surface area (Å²) in [5.41, 5.74) is 3.06. The molecule has 0 saturated carbocycles. The van der Waals surface area contributed by atoms with Gasteiger partial charge in [0.1, 0.15) is 11.5 Å². The van der Waals surface area contributed by atoms with Crippen molar-refractivity contribution in [3.63, 3.8) is 0 Å². The Morgan fingerprint density at radius 3 is 2.50 bits per heavy atom. The number of aromatic nitrogens is 3. The zero-order chi connectivity index (χ0) is 18.7. The highest BCUT2D eigenvalue weighted by molar-refractivity contribution is 6.02. The van der Waals surface area contributed by atoms with Crippen LogP contribution < -0.4 is 14.8 Å². The number of nitrogens with zero attached hydrogens (tertiary/aromatic N) is 3. The predicted molar refractivity (Wildman–Crippen MR) is 100 cm³/mol. The molecule has 1 aromatic carbocycles. The highest BCUT2D eigenvalue weighted by atomic mass is 16.5. The molecule has 26 heavy (non-hydrogen) atoms. The van der Waals surface area contributed by atoms with E-state index >= 15 is 0 Å². The standard InChI is InChI=1S/C19H20N4O3/c1-12-17-9-14(11-20-19(17)23(2)22-12)21-18(24)6-5-13-7-15(25-3)10-16(8-13)26-4/h5-11H,1-4H3,(H,21,24)/b6-5+. The van der Waals surface area contributed by atoms with E-state index in [-0.39, 0.29) is 5.91 Å². The minimum atomic E-state index is -0.255. The third-order valence-electron chi connectivity index (χ3n) is 3.93. The lowest BCUT2D eigenvalue weighted by Crippen LogP contribution is -2.08. The number of hydrogen-bond donors (Lipinski definition) is 1. The molecule has 134 valence electrons. The van der Waals surface area contributed by atoms with Crippen LogP contribution in [0.2, 0.25) is 0 Å². The van der Waals surface area contributed by atoms with Gasteiger partial charge in [-0.1, -0.05) is 0 Å². The molecule has 3 aromatic rings. The van der Waals surface area contributed by atoms with E-state index < -0.39 is 0 Å². The van der Waals surface area contributed by atoms with Gasteiger partial charge >= 0.3 is 0 Å². The minimum absolute atomic E-state index is 0.255. The van der Waals surface area contributed by atoms with Crippen molar-refractivity contribution < 1.29 is 14.3 Å². The molecule has 0 aliphatic rings. The Kier molecular flexibility index (Phi) is 4.88. The molecule has 0 unspecified atom stereocenters. The Morgan fingerprint density at radius 2 is 1.85 bits per heavy atom. The van der Waals surface area contributed by atoms with Gasteiger partial charge in [-0.05, 0) is 36.8 Å². The van der Waals surface area contributed by atoms with E-state index in [9.17, 15) is 4.79 Å². The van der Waals surface area contributed by atoms with Crippen LogP contribution in [-0.2, 0) is 11.8 Å². The van der Waals surface area contributed by atoms with Crippen LogP contribution in [0.5, 0.6) is 11.5 Å². The molecule has 0 fully saturated rings. The van der Waals surface area contributed by atoms with E-state index in [1.54, 1.807) is 37.2 Å². The maximum absolute atomic E-state index is 12.2. The molecule has 0 saturated heterocycles. The van der Waals surface area contributed by atoms with Crippen LogP contribution in [0.25, 0.3) is 17.1 Å². The molecule has 0 bridgehead atoms. The summed E-state index contributed by atoms with van der Waals surface area (Å²) >= 11 is 0. The largest absolute Gasteiger partial charge is 0.497 e. The first kappa shape index (κ1) is 17.5. The van der Waals surface area contributed by atoms with E-state index in [0.717, 1.165) is 22.3 Å². The molecule has 1 N–H and O–H groups in total. The lowest BCUT2D eigenvalue weighted by atomic mass is 10.2. The summed E-state index contributed by atoms with van der Waals surface area (Å²) in [7, 11) is 5.00. The maximum atomic E-state index is 12.2. The van der Waals surface area contributed by atoms with Crippen molar-refractivity contribution >= 4 is 28.7 Å². The van der Waals surface area contributed by atoms with Gasteiger partial charge in [0.05, 0.1) is 31.8 Å². The Hall–Kier alpha value is -3.35. The number of nitrogens with one attached hydrogen (secondary N) is 1. The first-order valence-electron chi connectivity index (χ1n) is 8.01. The number of rotatable bonds is 5. The van der Waals surface area contributed by atoms with Crippen molar-refractivity contribution in [3.05, 3.63) is 47.8 Å². The number of benzene rings is 1. The molecule has 7 heteroatoms. The van der Waals surface area contributed by atoms with Crippen LogP contribution in [-0.4, -0.2) is 34.9 Å². The number of carbonyl (C=O) groups excluding carboxylic acids is 1. The summed E-state index contributed by atoms with van der Waals surface area (Å²) in [5.74, 6) is 1.06. The fourth-order valence-electron chi connectivity index (χ4n) is 2.66. The molecule has 7 nitrogen and oxygen atoms in total. The number of fused-ring (bicyclic) bond motifs is 1. The zero-order valence-electron chi connectivity index (χ0n) is 15.1. The van der Waals surface area contributed by atoms with Gasteiger partial charge in [-0.15, -0.1) is 0 Å². The summed E-state index contributed by atoms with van der Waals surface area (Å²) in [6.45, 7) is 1.91. The lowest BCUT2D eigenvalue weighted by molar-refractivity contribution is -0.111. The molecule has 0 atom stereocenters. The van der Waals surface area contributed by atoms with Crippen molar-refractivity contribution in [2.24, 2.45) is 7.05 Å². The number of aryl methyl sites for hydroxylation is 2. The number of anilines is 1. The van der Waals surface area contributed by atoms with E-state index in [1.807, 2.05) is 32.2 Å². The first-order chi connectivity index (χ1) is 12.5. The summed E-state index contributed by atoms with van der Waals surface area (Å²) in [6.07, 6.45) is 4.76. The normalized spacial score (nSPS) is 11.1. The van der Waals surface area contributed by atoms with Crippen molar-refractivity contribution in [1.29, 1.82) is 0 Å². The number of amides is 1. The second-order valence-corrected chi connectivity index (χ2v) is 5.77. The minimum Gasteiger partial charge on any atom is -0.497 e. The number of ether oxygens (including phenoxy) is 2. The van der Waals surface area contributed by atoms with E-state index in [2.05, 4.69) is 15.4 Å². The average Bonchev–Trinajstić information content (AvgIpc) is 2.93. The van der Waals surface area contributed by atoms with Gasteiger partial charge in [0, 0.05) is 24.6 Å². The first-order valence-corrected chi connectivity index (χ1v) is 8.01. The molecule has 0 aliphatic carbocycles. The van der Waals surface area contributed by atoms with Crippen LogP contribution in [0.15, 0.2) is 36.5 Å². The number of hydrogen-bond acceptors (Lipinski definition) is 5. The molecular weight excluding hydrogens is 332 g/mol. The van der Waals surface area contributed by atoms with Gasteiger partial charge in [-0.3, -0.25) is 9.48 Å². The van der Waals surface area contributed by atoms with Gasteiger partial charge in [0.25, 0.3) is 0 Å². The second kappa shape index (κ2) is 7.26. The summed E-state index contributed by atoms with van der Waals surface area (Å²) in [4.78, 5) is 16.6. The summed E-state index contributed by atoms with van der Waals surface area (Å²) in [6, 6.07) is 7.28. The quantitative estimate of drug-likeness (QED) is 0.714. The summed E-state index contributed by atoms with van der Waals surface area (Å²) < 4.78 is 12.2. The number of pyridine rings is 1. The van der Waals surface area contributed by atoms with E-state index in [0.29, 0.717) is 17.2 Å². The lowest BCUT2D eigenvalue weighted by Gasteiger charge is -2.06. The molecule has 2 heterocycles. The van der Waals surface area contributed by atoms with Gasteiger partial charge in [0.2, 0.25) is 5.91 Å². The maximum Gasteiger partial charge on any atom is 0.248 e. The molecule has 0 radical (unpaired) electrons. The number of methoxy groups -OCH3 is 2. The van der Waals surface area contributed by atoms with E-state index in [4.69, 9.17) is 9.47 Å². The third kappa shape index (κ3) is 3.66. The van der Waals surface area contributed by atoms with Crippen molar-refractivity contribution in [2.45, 2.75) is 6.92 Å². The third-order valence-corrected chi connectivity index (χ3v) is 3.93. The zero-order valence-corrected chi connectivity index (χ0v) is 15.1. The summed E-state index contributed by atoms with van der Waals surface area (Å²) in [5, 5.41) is 8.04. The van der Waals surface area contributed by atoms with Crippen LogP contribution in [0, 0.1) is 6.92 Å². The fourth-order valence-corrected chi connectivity index (χ4v) is 2.66. The van der Waals surface area contributed by atoms with Crippen LogP contribution in [0.3, 0.4) is 0 Å². The van der Waals surface area contributed by atoms with Crippen LogP contribution in [0.1, 0.15) is 11.3 Å². The van der Waals surface area contributed by atoms with Gasteiger partial charge in [-0.2, -0.15) is 5.10 Å². The average molecular weight is 352 g/mol. The Bertz CT molecular complexity index is 970. The predicted octanol–water partition coefficient (Wildman–Crippen LogP) is 2.95. The Balaban J connectivity index is 1.76. The van der Waals surface area contributed by atoms with Gasteiger partial charge < -0.3 is 14.8 Å².